The first-order valence-corrected chi connectivity index (χ1v) is 5.46. The average Bonchev–Trinajstić information content (AvgIpc) is 2.72. The lowest BCUT2D eigenvalue weighted by molar-refractivity contribution is 0.486. The highest BCUT2D eigenvalue weighted by molar-refractivity contribution is 5.14. The van der Waals surface area contributed by atoms with Gasteiger partial charge in [0.25, 0.3) is 0 Å². The molecular weight excluding hydrogens is 172 g/mol. The van der Waals surface area contributed by atoms with Crippen molar-refractivity contribution in [1.82, 2.24) is 10.6 Å². The molecule has 0 aromatic heterocycles. The second-order valence-electron chi connectivity index (χ2n) is 3.84. The largest absolute Gasteiger partial charge is 0.302 e. The zero-order chi connectivity index (χ0) is 9.64. The first-order chi connectivity index (χ1) is 6.95. The minimum atomic E-state index is 0.554. The summed E-state index contributed by atoms with van der Waals surface area (Å²) >= 11 is 0. The van der Waals surface area contributed by atoms with Crippen LogP contribution in [-0.2, 0) is 6.42 Å². The molecular formula is C12H18N2. The molecule has 1 aliphatic heterocycles. The summed E-state index contributed by atoms with van der Waals surface area (Å²) < 4.78 is 0. The van der Waals surface area contributed by atoms with E-state index in [1.165, 1.54) is 24.9 Å². The fourth-order valence-corrected chi connectivity index (χ4v) is 1.89. The first-order valence-electron chi connectivity index (χ1n) is 5.46. The summed E-state index contributed by atoms with van der Waals surface area (Å²) in [6.45, 7) is 2.24. The van der Waals surface area contributed by atoms with Gasteiger partial charge in [-0.15, -0.1) is 0 Å². The second-order valence-corrected chi connectivity index (χ2v) is 3.84. The lowest BCUT2D eigenvalue weighted by atomic mass is 10.1. The molecule has 1 unspecified atom stereocenters. The van der Waals surface area contributed by atoms with Crippen LogP contribution in [0.4, 0.5) is 0 Å². The third-order valence-electron chi connectivity index (χ3n) is 2.71. The number of hydrogen-bond acceptors (Lipinski definition) is 2. The van der Waals surface area contributed by atoms with E-state index >= 15 is 0 Å². The highest BCUT2D eigenvalue weighted by Crippen LogP contribution is 2.02. The Morgan fingerprint density at radius 3 is 2.86 bits per heavy atom. The Kier molecular flexibility index (Phi) is 3.55. The molecule has 2 nitrogen and oxygen atoms in total. The molecule has 1 aliphatic rings. The van der Waals surface area contributed by atoms with Crippen LogP contribution in [0.25, 0.3) is 0 Å². The first kappa shape index (κ1) is 9.69. The average molecular weight is 190 g/mol. The molecule has 14 heavy (non-hydrogen) atoms. The van der Waals surface area contributed by atoms with Gasteiger partial charge >= 0.3 is 0 Å². The summed E-state index contributed by atoms with van der Waals surface area (Å²) in [6, 6.07) is 10.6. The molecule has 2 N–H and O–H groups in total. The third kappa shape index (κ3) is 2.82. The number of rotatable bonds is 4. The van der Waals surface area contributed by atoms with Crippen molar-refractivity contribution < 1.29 is 0 Å². The van der Waals surface area contributed by atoms with E-state index in [1.807, 2.05) is 0 Å². The van der Waals surface area contributed by atoms with Crippen molar-refractivity contribution in [2.75, 3.05) is 13.1 Å². The van der Waals surface area contributed by atoms with Crippen molar-refractivity contribution in [2.45, 2.75) is 25.4 Å². The smallest absolute Gasteiger partial charge is 0.0572 e. The molecule has 76 valence electrons. The molecule has 1 atom stereocenters. The van der Waals surface area contributed by atoms with Crippen LogP contribution in [-0.4, -0.2) is 19.3 Å². The van der Waals surface area contributed by atoms with Gasteiger partial charge in [0.1, 0.15) is 0 Å². The summed E-state index contributed by atoms with van der Waals surface area (Å²) in [7, 11) is 0. The van der Waals surface area contributed by atoms with Crippen molar-refractivity contribution in [1.29, 1.82) is 0 Å². The normalized spacial score (nSPS) is 21.3. The van der Waals surface area contributed by atoms with E-state index in [1.54, 1.807) is 0 Å². The van der Waals surface area contributed by atoms with Gasteiger partial charge in [0.2, 0.25) is 0 Å². The van der Waals surface area contributed by atoms with Gasteiger partial charge in [-0.3, -0.25) is 0 Å². The molecule has 0 spiro atoms. The highest BCUT2D eigenvalue weighted by Gasteiger charge is 2.11. The maximum Gasteiger partial charge on any atom is 0.0572 e. The van der Waals surface area contributed by atoms with Crippen LogP contribution < -0.4 is 10.6 Å². The summed E-state index contributed by atoms with van der Waals surface area (Å²) in [6.07, 6.45) is 4.26. The van der Waals surface area contributed by atoms with Crippen LogP contribution in [0.5, 0.6) is 0 Å². The van der Waals surface area contributed by atoms with Gasteiger partial charge in [-0.1, -0.05) is 30.3 Å². The van der Waals surface area contributed by atoms with E-state index in [2.05, 4.69) is 41.0 Å². The summed E-state index contributed by atoms with van der Waals surface area (Å²) in [5.41, 5.74) is 1.41. The SMILES string of the molecule is c1ccc(CCNC2CCCN2)cc1. The predicted octanol–water partition coefficient (Wildman–Crippen LogP) is 1.53. The van der Waals surface area contributed by atoms with E-state index in [4.69, 9.17) is 0 Å². The monoisotopic (exact) mass is 190 g/mol. The van der Waals surface area contributed by atoms with Crippen molar-refractivity contribution >= 4 is 0 Å². The molecule has 1 fully saturated rings. The van der Waals surface area contributed by atoms with Gasteiger partial charge in [-0.25, -0.2) is 0 Å². The van der Waals surface area contributed by atoms with Crippen LogP contribution in [0, 0.1) is 0 Å². The lowest BCUT2D eigenvalue weighted by Gasteiger charge is -2.12. The molecule has 2 heteroatoms. The Labute approximate surface area is 85.7 Å². The molecule has 1 aromatic carbocycles. The number of hydrogen-bond donors (Lipinski definition) is 2. The third-order valence-corrected chi connectivity index (χ3v) is 2.71. The van der Waals surface area contributed by atoms with Crippen molar-refractivity contribution in [3.05, 3.63) is 35.9 Å². The molecule has 0 radical (unpaired) electrons. The number of benzene rings is 1. The van der Waals surface area contributed by atoms with Gasteiger partial charge < -0.3 is 10.6 Å². The van der Waals surface area contributed by atoms with Gasteiger partial charge in [-0.05, 0) is 31.4 Å². The topological polar surface area (TPSA) is 24.1 Å². The van der Waals surface area contributed by atoms with Gasteiger partial charge in [0.05, 0.1) is 6.17 Å². The number of nitrogens with one attached hydrogen (secondary N) is 2. The summed E-state index contributed by atoms with van der Waals surface area (Å²) in [4.78, 5) is 0. The van der Waals surface area contributed by atoms with E-state index in [0.717, 1.165) is 13.0 Å². The Morgan fingerprint density at radius 1 is 1.29 bits per heavy atom. The standard InChI is InChI=1S/C12H18N2/c1-2-5-11(6-3-1)8-10-14-12-7-4-9-13-12/h1-3,5-6,12-14H,4,7-10H2. The quantitative estimate of drug-likeness (QED) is 0.752. The minimum absolute atomic E-state index is 0.554. The zero-order valence-corrected chi connectivity index (χ0v) is 8.50. The predicted molar refractivity (Wildman–Crippen MR) is 59.2 cm³/mol. The summed E-state index contributed by atoms with van der Waals surface area (Å²) in [5.74, 6) is 0. The minimum Gasteiger partial charge on any atom is -0.302 e. The molecule has 1 aromatic rings. The second kappa shape index (κ2) is 5.13. The Bertz CT molecular complexity index is 252. The molecule has 1 saturated heterocycles. The molecule has 2 rings (SSSR count). The molecule has 0 amide bonds. The molecule has 1 heterocycles. The van der Waals surface area contributed by atoms with E-state index in [0.29, 0.717) is 6.17 Å². The van der Waals surface area contributed by atoms with Crippen molar-refractivity contribution in [3.63, 3.8) is 0 Å². The zero-order valence-electron chi connectivity index (χ0n) is 8.50. The van der Waals surface area contributed by atoms with Gasteiger partial charge in [0, 0.05) is 6.54 Å². The van der Waals surface area contributed by atoms with Gasteiger partial charge in [-0.2, -0.15) is 0 Å². The van der Waals surface area contributed by atoms with Crippen LogP contribution in [0.1, 0.15) is 18.4 Å². The van der Waals surface area contributed by atoms with Crippen molar-refractivity contribution in [2.24, 2.45) is 0 Å². The summed E-state index contributed by atoms with van der Waals surface area (Å²) in [5, 5.41) is 6.95. The van der Waals surface area contributed by atoms with E-state index in [-0.39, 0.29) is 0 Å². The highest BCUT2D eigenvalue weighted by atomic mass is 15.1. The van der Waals surface area contributed by atoms with Crippen molar-refractivity contribution in [3.8, 4) is 0 Å². The van der Waals surface area contributed by atoms with E-state index < -0.39 is 0 Å². The fraction of sp³-hybridized carbons (Fsp3) is 0.500. The fourth-order valence-electron chi connectivity index (χ4n) is 1.89. The molecule has 0 saturated carbocycles. The van der Waals surface area contributed by atoms with Crippen LogP contribution >= 0.6 is 0 Å². The lowest BCUT2D eigenvalue weighted by Crippen LogP contribution is -2.38. The molecule has 0 aliphatic carbocycles. The maximum atomic E-state index is 3.52. The van der Waals surface area contributed by atoms with Gasteiger partial charge in [0.15, 0.2) is 0 Å². The Balaban J connectivity index is 1.67. The molecule has 0 bridgehead atoms. The van der Waals surface area contributed by atoms with Crippen LogP contribution in [0.2, 0.25) is 0 Å². The Hall–Kier alpha value is -0.860. The Morgan fingerprint density at radius 2 is 2.14 bits per heavy atom. The maximum absolute atomic E-state index is 3.52. The van der Waals surface area contributed by atoms with Crippen LogP contribution in [0.3, 0.4) is 0 Å². The van der Waals surface area contributed by atoms with Crippen LogP contribution in [0.15, 0.2) is 30.3 Å². The van der Waals surface area contributed by atoms with E-state index in [9.17, 15) is 0 Å².